The first-order valence-electron chi connectivity index (χ1n) is 11.3. The molecule has 0 atom stereocenters. The van der Waals surface area contributed by atoms with E-state index in [-0.39, 0.29) is 18.1 Å². The predicted octanol–water partition coefficient (Wildman–Crippen LogP) is 2.65. The van der Waals surface area contributed by atoms with Crippen molar-refractivity contribution in [2.24, 2.45) is 5.73 Å². The van der Waals surface area contributed by atoms with Crippen LogP contribution in [0.2, 0.25) is 5.02 Å². The molecule has 198 valence electrons. The number of nitrogens with zero attached hydrogens (tertiary/aromatic N) is 5. The second-order valence-corrected chi connectivity index (χ2v) is 9.17. The van der Waals surface area contributed by atoms with E-state index < -0.39 is 42.6 Å². The lowest BCUT2D eigenvalue weighted by Gasteiger charge is -2.45. The Morgan fingerprint density at radius 1 is 1.13 bits per heavy atom. The van der Waals surface area contributed by atoms with Gasteiger partial charge >= 0.3 is 11.7 Å². The molecular formula is C24H21ClF2N6O5. The maximum Gasteiger partial charge on any atom is 0.340 e. The van der Waals surface area contributed by atoms with Gasteiger partial charge < -0.3 is 19.9 Å². The number of ether oxygens (including phenoxy) is 3. The quantitative estimate of drug-likeness (QED) is 0.331. The second-order valence-electron chi connectivity index (χ2n) is 8.73. The number of benzene rings is 1. The number of carbonyl (C=O) groups is 1. The van der Waals surface area contributed by atoms with Crippen molar-refractivity contribution < 1.29 is 27.8 Å². The molecule has 14 heteroatoms. The lowest BCUT2D eigenvalue weighted by molar-refractivity contribution is -0.233. The van der Waals surface area contributed by atoms with Crippen LogP contribution in [0.25, 0.3) is 22.9 Å². The van der Waals surface area contributed by atoms with Crippen molar-refractivity contribution in [3.8, 4) is 28.7 Å². The molecule has 2 N–H and O–H groups in total. The highest BCUT2D eigenvalue weighted by Gasteiger charge is 2.60. The zero-order valence-electron chi connectivity index (χ0n) is 19.9. The molecule has 1 aliphatic rings. The summed E-state index contributed by atoms with van der Waals surface area (Å²) in [6.45, 7) is -0.767. The molecule has 0 saturated heterocycles. The fourth-order valence-electron chi connectivity index (χ4n) is 4.31. The minimum absolute atomic E-state index is 0.202. The summed E-state index contributed by atoms with van der Waals surface area (Å²) in [5.41, 5.74) is 4.53. The van der Waals surface area contributed by atoms with Gasteiger partial charge in [0.25, 0.3) is 5.92 Å². The highest BCUT2D eigenvalue weighted by molar-refractivity contribution is 6.30. The van der Waals surface area contributed by atoms with Crippen molar-refractivity contribution in [2.75, 3.05) is 20.3 Å². The number of methoxy groups -OCH3 is 1. The van der Waals surface area contributed by atoms with E-state index in [0.717, 1.165) is 0 Å². The SMILES string of the molecule is COc1cc(-n2cnc3ccc(-c4ncc(Cl)cn4)n3c2=O)ccc1OCC1(OC(=O)CN)CC(F)(F)C1. The van der Waals surface area contributed by atoms with E-state index in [4.69, 9.17) is 31.5 Å². The maximum absolute atomic E-state index is 13.6. The van der Waals surface area contributed by atoms with Crippen LogP contribution in [0.3, 0.4) is 0 Å². The summed E-state index contributed by atoms with van der Waals surface area (Å²) in [5, 5.41) is 0.356. The third-order valence-electron chi connectivity index (χ3n) is 5.99. The van der Waals surface area contributed by atoms with Gasteiger partial charge in [-0.2, -0.15) is 0 Å². The van der Waals surface area contributed by atoms with Crippen molar-refractivity contribution >= 4 is 23.2 Å². The van der Waals surface area contributed by atoms with Crippen molar-refractivity contribution in [1.82, 2.24) is 23.9 Å². The molecular weight excluding hydrogens is 526 g/mol. The molecule has 38 heavy (non-hydrogen) atoms. The van der Waals surface area contributed by atoms with Gasteiger partial charge in [0.2, 0.25) is 0 Å². The third-order valence-corrected chi connectivity index (χ3v) is 6.18. The number of hydrogen-bond acceptors (Lipinski definition) is 9. The molecule has 11 nitrogen and oxygen atoms in total. The standard InChI is InChI=1S/C24H21ClF2N6O5/c1-36-18-6-15(2-4-17(18)37-12-23(38-20(34)7-28)10-24(26,27)11-23)32-13-31-19-5-3-16(33(19)22(32)35)21-29-8-14(25)9-30-21/h2-6,8-9,13H,7,10-12,28H2,1H3. The number of fused-ring (bicyclic) bond motifs is 1. The fraction of sp³-hybridized carbons (Fsp3) is 0.292. The van der Waals surface area contributed by atoms with Gasteiger partial charge in [0, 0.05) is 18.5 Å². The number of halogens is 3. The summed E-state index contributed by atoms with van der Waals surface area (Å²) in [6.07, 6.45) is 2.85. The lowest BCUT2D eigenvalue weighted by atomic mass is 9.77. The van der Waals surface area contributed by atoms with Crippen molar-refractivity contribution in [3.63, 3.8) is 0 Å². The van der Waals surface area contributed by atoms with E-state index >= 15 is 0 Å². The number of esters is 1. The molecule has 1 fully saturated rings. The lowest BCUT2D eigenvalue weighted by Crippen LogP contribution is -2.58. The van der Waals surface area contributed by atoms with Crippen LogP contribution < -0.4 is 20.9 Å². The van der Waals surface area contributed by atoms with Crippen molar-refractivity contribution in [2.45, 2.75) is 24.4 Å². The normalized spacial score (nSPS) is 15.6. The number of nitrogens with two attached hydrogens (primary N) is 1. The van der Waals surface area contributed by atoms with E-state index in [1.807, 2.05) is 0 Å². The van der Waals surface area contributed by atoms with Crippen LogP contribution in [0, 0.1) is 0 Å². The smallest absolute Gasteiger partial charge is 0.340 e. The Bertz CT molecular complexity index is 1570. The minimum atomic E-state index is -2.96. The summed E-state index contributed by atoms with van der Waals surface area (Å²) in [5.74, 6) is -3.06. The Labute approximate surface area is 218 Å². The maximum atomic E-state index is 13.6. The third kappa shape index (κ3) is 4.77. The number of alkyl halides is 2. The van der Waals surface area contributed by atoms with E-state index in [1.165, 1.54) is 46.9 Å². The Morgan fingerprint density at radius 2 is 1.87 bits per heavy atom. The first-order valence-corrected chi connectivity index (χ1v) is 11.7. The Balaban J connectivity index is 1.44. The molecule has 0 radical (unpaired) electrons. The minimum Gasteiger partial charge on any atom is -0.493 e. The summed E-state index contributed by atoms with van der Waals surface area (Å²) in [7, 11) is 1.39. The molecule has 0 amide bonds. The molecule has 1 saturated carbocycles. The number of aromatic nitrogens is 5. The van der Waals surface area contributed by atoms with Gasteiger partial charge in [-0.25, -0.2) is 32.9 Å². The molecule has 0 unspecified atom stereocenters. The van der Waals surface area contributed by atoms with Crippen LogP contribution >= 0.6 is 11.6 Å². The van der Waals surface area contributed by atoms with Crippen LogP contribution in [-0.4, -0.2) is 61.7 Å². The fourth-order valence-corrected chi connectivity index (χ4v) is 4.41. The molecule has 3 heterocycles. The molecule has 5 rings (SSSR count). The second kappa shape index (κ2) is 9.65. The Hall–Kier alpha value is -4.10. The highest BCUT2D eigenvalue weighted by Crippen LogP contribution is 2.48. The summed E-state index contributed by atoms with van der Waals surface area (Å²) >= 11 is 5.88. The molecule has 0 aliphatic heterocycles. The Morgan fingerprint density at radius 3 is 2.53 bits per heavy atom. The molecule has 0 spiro atoms. The number of hydrogen-bond donors (Lipinski definition) is 1. The van der Waals surface area contributed by atoms with Gasteiger partial charge in [-0.05, 0) is 24.3 Å². The van der Waals surface area contributed by atoms with Crippen LogP contribution in [0.5, 0.6) is 11.5 Å². The van der Waals surface area contributed by atoms with Gasteiger partial charge in [0.1, 0.15) is 18.6 Å². The zero-order chi connectivity index (χ0) is 27.1. The van der Waals surface area contributed by atoms with Gasteiger partial charge in [-0.3, -0.25) is 9.36 Å². The molecule has 1 aliphatic carbocycles. The Kier molecular flexibility index (Phi) is 6.49. The van der Waals surface area contributed by atoms with E-state index in [9.17, 15) is 18.4 Å². The summed E-state index contributed by atoms with van der Waals surface area (Å²) in [6, 6.07) is 7.95. The summed E-state index contributed by atoms with van der Waals surface area (Å²) in [4.78, 5) is 37.8. The average molecular weight is 547 g/mol. The van der Waals surface area contributed by atoms with E-state index in [1.54, 1.807) is 18.2 Å². The van der Waals surface area contributed by atoms with Gasteiger partial charge in [0.15, 0.2) is 22.9 Å². The number of rotatable bonds is 8. The van der Waals surface area contributed by atoms with Crippen molar-refractivity contribution in [3.05, 3.63) is 64.6 Å². The van der Waals surface area contributed by atoms with Gasteiger partial charge in [0.05, 0.1) is 42.9 Å². The van der Waals surface area contributed by atoms with Crippen LogP contribution in [0.4, 0.5) is 8.78 Å². The monoisotopic (exact) mass is 546 g/mol. The first kappa shape index (κ1) is 25.5. The molecule has 4 aromatic rings. The van der Waals surface area contributed by atoms with Gasteiger partial charge in [-0.15, -0.1) is 0 Å². The van der Waals surface area contributed by atoms with Crippen molar-refractivity contribution in [1.29, 1.82) is 0 Å². The van der Waals surface area contributed by atoms with Crippen LogP contribution in [0.1, 0.15) is 12.8 Å². The predicted molar refractivity (Wildman–Crippen MR) is 131 cm³/mol. The van der Waals surface area contributed by atoms with Crippen LogP contribution in [0.15, 0.2) is 53.8 Å². The molecule has 3 aromatic heterocycles. The van der Waals surface area contributed by atoms with E-state index in [2.05, 4.69) is 15.0 Å². The first-order chi connectivity index (χ1) is 18.1. The topological polar surface area (TPSA) is 136 Å². The number of carbonyl (C=O) groups excluding carboxylic acids is 1. The largest absolute Gasteiger partial charge is 0.493 e. The van der Waals surface area contributed by atoms with Gasteiger partial charge in [-0.1, -0.05) is 11.6 Å². The zero-order valence-corrected chi connectivity index (χ0v) is 20.7. The average Bonchev–Trinajstić information content (AvgIpc) is 3.32. The molecule has 1 aromatic carbocycles. The molecule has 0 bridgehead atoms. The highest BCUT2D eigenvalue weighted by atomic mass is 35.5. The summed E-state index contributed by atoms with van der Waals surface area (Å²) < 4.78 is 46.2. The van der Waals surface area contributed by atoms with E-state index in [0.29, 0.717) is 27.9 Å². The van der Waals surface area contributed by atoms with Crippen LogP contribution in [-0.2, 0) is 9.53 Å².